The van der Waals surface area contributed by atoms with Crippen LogP contribution in [0, 0.1) is 21.7 Å². The molecular formula is C20H19IO4. The molecule has 1 aromatic rings. The summed E-state index contributed by atoms with van der Waals surface area (Å²) in [6.45, 7) is 3.89. The van der Waals surface area contributed by atoms with Crippen molar-refractivity contribution >= 4 is 28.9 Å². The van der Waals surface area contributed by atoms with E-state index in [0.29, 0.717) is 6.61 Å². The van der Waals surface area contributed by atoms with Crippen molar-refractivity contribution in [3.05, 3.63) is 48.0 Å². The minimum absolute atomic E-state index is 0.364. The fourth-order valence-corrected chi connectivity index (χ4v) is 2.56. The summed E-state index contributed by atoms with van der Waals surface area (Å²) in [5.74, 6) is 7.82. The summed E-state index contributed by atoms with van der Waals surface area (Å²) in [5, 5.41) is 0. The lowest BCUT2D eigenvalue weighted by Gasteiger charge is -2.21. The molecule has 3 atom stereocenters. The highest BCUT2D eigenvalue weighted by atomic mass is 127. The molecule has 130 valence electrons. The topological polar surface area (TPSA) is 44.8 Å². The Labute approximate surface area is 162 Å². The molecule has 0 bridgehead atoms. The minimum Gasteiger partial charge on any atom is -0.358 e. The van der Waals surface area contributed by atoms with Crippen LogP contribution in [0.4, 0.5) is 0 Å². The Morgan fingerprint density at radius 3 is 2.64 bits per heavy atom. The maximum atomic E-state index is 11.4. The van der Waals surface area contributed by atoms with E-state index in [0.717, 1.165) is 11.8 Å². The second-order valence-electron chi connectivity index (χ2n) is 5.78. The molecule has 1 saturated heterocycles. The molecule has 25 heavy (non-hydrogen) atoms. The molecule has 0 saturated carbocycles. The van der Waals surface area contributed by atoms with Gasteiger partial charge in [-0.25, -0.2) is 0 Å². The third-order valence-electron chi connectivity index (χ3n) is 3.40. The zero-order valence-corrected chi connectivity index (χ0v) is 16.2. The summed E-state index contributed by atoms with van der Waals surface area (Å²) < 4.78 is 20.1. The smallest absolute Gasteiger partial charge is 0.164 e. The van der Waals surface area contributed by atoms with E-state index in [9.17, 15) is 4.79 Å². The Morgan fingerprint density at radius 2 is 1.96 bits per heavy atom. The Morgan fingerprint density at radius 1 is 1.24 bits per heavy atom. The molecule has 0 aromatic heterocycles. The predicted octanol–water partition coefficient (Wildman–Crippen LogP) is 3.25. The van der Waals surface area contributed by atoms with Gasteiger partial charge in [0.25, 0.3) is 0 Å². The van der Waals surface area contributed by atoms with Crippen molar-refractivity contribution in [2.45, 2.75) is 44.6 Å². The number of aldehydes is 1. The van der Waals surface area contributed by atoms with Crippen molar-refractivity contribution in [1.29, 1.82) is 0 Å². The van der Waals surface area contributed by atoms with E-state index in [1.54, 1.807) is 26.0 Å². The first-order valence-electron chi connectivity index (χ1n) is 7.79. The van der Waals surface area contributed by atoms with Gasteiger partial charge in [-0.05, 0) is 35.5 Å². The highest BCUT2D eigenvalue weighted by molar-refractivity contribution is 14.1. The lowest BCUT2D eigenvalue weighted by atomic mass is 10.1. The van der Waals surface area contributed by atoms with Crippen LogP contribution in [-0.2, 0) is 25.6 Å². The molecule has 1 heterocycles. The molecule has 0 unspecified atom stereocenters. The van der Waals surface area contributed by atoms with Gasteiger partial charge >= 0.3 is 0 Å². The summed E-state index contributed by atoms with van der Waals surface area (Å²) in [4.78, 5) is 11.4. The minimum atomic E-state index is -0.852. The molecule has 0 amide bonds. The quantitative estimate of drug-likeness (QED) is 0.393. The van der Waals surface area contributed by atoms with Crippen LogP contribution in [0.1, 0.15) is 19.4 Å². The largest absolute Gasteiger partial charge is 0.358 e. The molecule has 1 fully saturated rings. The molecule has 1 aromatic carbocycles. The van der Waals surface area contributed by atoms with Gasteiger partial charge in [-0.1, -0.05) is 48.1 Å². The van der Waals surface area contributed by atoms with Crippen molar-refractivity contribution in [1.82, 2.24) is 0 Å². The maximum absolute atomic E-state index is 11.4. The summed E-state index contributed by atoms with van der Waals surface area (Å²) in [7, 11) is 0. The Hall–Kier alpha value is -1.64. The number of hydrogen-bond donors (Lipinski definition) is 0. The number of allylic oxidation sites excluding steroid dienone is 2. The molecule has 5 heteroatoms. The van der Waals surface area contributed by atoms with Gasteiger partial charge in [0.2, 0.25) is 0 Å². The number of halogens is 1. The van der Waals surface area contributed by atoms with E-state index in [-0.39, 0.29) is 0 Å². The number of benzene rings is 1. The monoisotopic (exact) mass is 450 g/mol. The van der Waals surface area contributed by atoms with Gasteiger partial charge in [0.15, 0.2) is 12.1 Å². The zero-order valence-electron chi connectivity index (χ0n) is 14.1. The second kappa shape index (κ2) is 9.74. The van der Waals surface area contributed by atoms with E-state index < -0.39 is 24.1 Å². The van der Waals surface area contributed by atoms with Crippen molar-refractivity contribution < 1.29 is 19.0 Å². The number of rotatable bonds is 5. The number of hydrogen-bond acceptors (Lipinski definition) is 4. The maximum Gasteiger partial charge on any atom is 0.164 e. The third kappa shape index (κ3) is 6.30. The Kier molecular flexibility index (Phi) is 7.67. The van der Waals surface area contributed by atoms with E-state index >= 15 is 0 Å². The molecule has 0 radical (unpaired) electrons. The first-order valence-corrected chi connectivity index (χ1v) is 8.87. The molecule has 1 aliphatic heterocycles. The van der Waals surface area contributed by atoms with Crippen LogP contribution in [0.3, 0.4) is 0 Å². The number of ether oxygens (including phenoxy) is 3. The molecule has 1 aliphatic rings. The van der Waals surface area contributed by atoms with Crippen molar-refractivity contribution in [2.75, 3.05) is 0 Å². The van der Waals surface area contributed by atoms with Gasteiger partial charge in [-0.2, -0.15) is 0 Å². The molecule has 0 N–H and O–H groups in total. The average Bonchev–Trinajstić information content (AvgIpc) is 2.93. The van der Waals surface area contributed by atoms with Gasteiger partial charge < -0.3 is 19.0 Å². The van der Waals surface area contributed by atoms with E-state index in [1.807, 2.05) is 52.9 Å². The Balaban J connectivity index is 2.15. The predicted molar refractivity (Wildman–Crippen MR) is 104 cm³/mol. The normalized spacial score (nSPS) is 22.5. The average molecular weight is 450 g/mol. The number of carbonyl (C=O) groups excluding carboxylic acids is 1. The van der Waals surface area contributed by atoms with Gasteiger partial charge in [-0.15, -0.1) is 0 Å². The van der Waals surface area contributed by atoms with Gasteiger partial charge in [0.1, 0.15) is 18.3 Å². The lowest BCUT2D eigenvalue weighted by Crippen LogP contribution is -2.37. The van der Waals surface area contributed by atoms with Crippen LogP contribution in [0.25, 0.3) is 0 Å². The van der Waals surface area contributed by atoms with E-state index in [2.05, 4.69) is 21.7 Å². The summed E-state index contributed by atoms with van der Waals surface area (Å²) in [6, 6.07) is 9.76. The zero-order chi connectivity index (χ0) is 18.1. The SMILES string of the molecule is CC1(C)O[C@@H]([C@@H](C#C/C=C\C#CI)OCc2ccccc2)[C@H](C=O)O1. The molecule has 0 spiro atoms. The summed E-state index contributed by atoms with van der Waals surface area (Å²) in [5.41, 5.74) is 1.02. The van der Waals surface area contributed by atoms with Gasteiger partial charge in [0.05, 0.1) is 6.61 Å². The standard InChI is InChI=1S/C20H19IO4/c1-20(2)24-18(14-22)19(25-20)17(12-8-3-4-9-13-21)23-15-16-10-6-5-7-11-16/h3-7,10-11,14,17-19H,15H2,1-2H3/b4-3-/t17-,18+,19+/m1/s1. The van der Waals surface area contributed by atoms with Gasteiger partial charge in [0, 0.05) is 22.6 Å². The second-order valence-corrected chi connectivity index (χ2v) is 6.32. The first-order chi connectivity index (χ1) is 12.1. The summed E-state index contributed by atoms with van der Waals surface area (Å²) in [6.07, 6.45) is 2.12. The van der Waals surface area contributed by atoms with Crippen molar-refractivity contribution in [2.24, 2.45) is 0 Å². The van der Waals surface area contributed by atoms with Crippen LogP contribution in [0.2, 0.25) is 0 Å². The molecule has 2 rings (SSSR count). The third-order valence-corrected chi connectivity index (χ3v) is 3.71. The Bertz CT molecular complexity index is 719. The van der Waals surface area contributed by atoms with E-state index in [1.165, 1.54) is 0 Å². The number of carbonyl (C=O) groups is 1. The summed E-state index contributed by atoms with van der Waals surface area (Å²) >= 11 is 1.95. The highest BCUT2D eigenvalue weighted by Gasteiger charge is 2.45. The molecule has 0 aliphatic carbocycles. The highest BCUT2D eigenvalue weighted by Crippen LogP contribution is 2.30. The lowest BCUT2D eigenvalue weighted by molar-refractivity contribution is -0.157. The van der Waals surface area contributed by atoms with E-state index in [4.69, 9.17) is 14.2 Å². The fourth-order valence-electron chi connectivity index (χ4n) is 2.38. The van der Waals surface area contributed by atoms with Crippen LogP contribution in [-0.4, -0.2) is 30.4 Å². The first kappa shape index (κ1) is 19.7. The van der Waals surface area contributed by atoms with Crippen molar-refractivity contribution in [3.63, 3.8) is 0 Å². The fraction of sp³-hybridized carbons (Fsp3) is 0.350. The van der Waals surface area contributed by atoms with Crippen LogP contribution >= 0.6 is 22.6 Å². The molecular weight excluding hydrogens is 431 g/mol. The van der Waals surface area contributed by atoms with Crippen LogP contribution in [0.5, 0.6) is 0 Å². The van der Waals surface area contributed by atoms with Crippen molar-refractivity contribution in [3.8, 4) is 21.7 Å². The molecule has 4 nitrogen and oxygen atoms in total. The van der Waals surface area contributed by atoms with Gasteiger partial charge in [-0.3, -0.25) is 0 Å². The van der Waals surface area contributed by atoms with Crippen LogP contribution < -0.4 is 0 Å². The van der Waals surface area contributed by atoms with Crippen LogP contribution in [0.15, 0.2) is 42.5 Å².